The smallest absolute Gasteiger partial charge is 0.311 e. The zero-order valence-corrected chi connectivity index (χ0v) is 10.2. The van der Waals surface area contributed by atoms with Gasteiger partial charge in [-0.2, -0.15) is 0 Å². The number of aliphatic carboxylic acids is 1. The number of ether oxygens (including phenoxy) is 1. The summed E-state index contributed by atoms with van der Waals surface area (Å²) in [6, 6.07) is 6.02. The maximum atomic E-state index is 11.8. The van der Waals surface area contributed by atoms with E-state index in [-0.39, 0.29) is 31.3 Å². The molecule has 0 aliphatic carbocycles. The molecular formula is C13H15NO5. The Labute approximate surface area is 110 Å². The normalized spacial score (nSPS) is 22.1. The maximum absolute atomic E-state index is 11.8. The van der Waals surface area contributed by atoms with Crippen molar-refractivity contribution in [1.29, 1.82) is 0 Å². The van der Waals surface area contributed by atoms with Gasteiger partial charge in [-0.25, -0.2) is 0 Å². The fourth-order valence-corrected chi connectivity index (χ4v) is 2.03. The summed E-state index contributed by atoms with van der Waals surface area (Å²) in [4.78, 5) is 22.8. The molecule has 1 heterocycles. The first kappa shape index (κ1) is 13.4. The van der Waals surface area contributed by atoms with E-state index in [0.29, 0.717) is 5.56 Å². The van der Waals surface area contributed by atoms with Crippen LogP contribution in [0.4, 0.5) is 0 Å². The Bertz CT molecular complexity index is 488. The number of benzene rings is 1. The van der Waals surface area contributed by atoms with Gasteiger partial charge in [-0.3, -0.25) is 9.59 Å². The lowest BCUT2D eigenvalue weighted by molar-refractivity contribution is -0.142. The molecule has 0 saturated carbocycles. The number of amides is 1. The van der Waals surface area contributed by atoms with Crippen molar-refractivity contribution in [3.8, 4) is 5.75 Å². The number of carboxylic acids is 1. The minimum absolute atomic E-state index is 0.00944. The molecule has 2 rings (SSSR count). The lowest BCUT2D eigenvalue weighted by Gasteiger charge is -2.15. The number of para-hydroxylation sites is 1. The topological polar surface area (TPSA) is 95.9 Å². The van der Waals surface area contributed by atoms with Gasteiger partial charge >= 0.3 is 5.97 Å². The number of hydrogen-bond donors (Lipinski definition) is 3. The lowest BCUT2D eigenvalue weighted by atomic mass is 10.0. The fourth-order valence-electron chi connectivity index (χ4n) is 2.03. The predicted molar refractivity (Wildman–Crippen MR) is 65.7 cm³/mol. The van der Waals surface area contributed by atoms with Crippen LogP contribution in [0.1, 0.15) is 5.56 Å². The van der Waals surface area contributed by atoms with Crippen LogP contribution in [0.3, 0.4) is 0 Å². The van der Waals surface area contributed by atoms with Crippen LogP contribution < -0.4 is 5.32 Å². The van der Waals surface area contributed by atoms with Gasteiger partial charge in [-0.1, -0.05) is 18.2 Å². The number of nitrogens with one attached hydrogen (secondary N) is 1. The summed E-state index contributed by atoms with van der Waals surface area (Å²) in [5.74, 6) is -1.97. The molecular weight excluding hydrogens is 250 g/mol. The van der Waals surface area contributed by atoms with Crippen LogP contribution in [0.5, 0.6) is 5.75 Å². The predicted octanol–water partition coefficient (Wildman–Crippen LogP) is 0.150. The van der Waals surface area contributed by atoms with E-state index in [0.717, 1.165) is 0 Å². The van der Waals surface area contributed by atoms with Crippen molar-refractivity contribution in [3.05, 3.63) is 29.8 Å². The van der Waals surface area contributed by atoms with Gasteiger partial charge in [-0.15, -0.1) is 0 Å². The second kappa shape index (κ2) is 5.71. The average molecular weight is 265 g/mol. The van der Waals surface area contributed by atoms with Gasteiger partial charge < -0.3 is 20.3 Å². The zero-order chi connectivity index (χ0) is 13.8. The van der Waals surface area contributed by atoms with Crippen molar-refractivity contribution in [2.75, 3.05) is 13.2 Å². The van der Waals surface area contributed by atoms with Gasteiger partial charge in [0, 0.05) is 5.56 Å². The molecule has 1 aliphatic heterocycles. The van der Waals surface area contributed by atoms with Crippen LogP contribution in [0.15, 0.2) is 24.3 Å². The highest BCUT2D eigenvalue weighted by atomic mass is 16.5. The second-order valence-corrected chi connectivity index (χ2v) is 4.46. The molecule has 1 aliphatic rings. The molecule has 102 valence electrons. The highest BCUT2D eigenvalue weighted by Gasteiger charge is 2.34. The molecule has 1 amide bonds. The molecule has 6 heteroatoms. The van der Waals surface area contributed by atoms with Gasteiger partial charge in [-0.05, 0) is 6.07 Å². The number of aromatic hydroxyl groups is 1. The molecule has 0 radical (unpaired) electrons. The van der Waals surface area contributed by atoms with E-state index in [1.165, 1.54) is 6.07 Å². The molecule has 0 bridgehead atoms. The first-order valence-corrected chi connectivity index (χ1v) is 5.94. The van der Waals surface area contributed by atoms with Crippen LogP contribution in [0.25, 0.3) is 0 Å². The number of carboxylic acid groups (broad SMARTS) is 1. The number of hydrogen-bond acceptors (Lipinski definition) is 4. The summed E-state index contributed by atoms with van der Waals surface area (Å²) < 4.78 is 5.06. The van der Waals surface area contributed by atoms with Gasteiger partial charge in [0.2, 0.25) is 5.91 Å². The summed E-state index contributed by atoms with van der Waals surface area (Å²) in [6.07, 6.45) is 0.00944. The Hall–Kier alpha value is -2.08. The third-order valence-electron chi connectivity index (χ3n) is 3.09. The van der Waals surface area contributed by atoms with Gasteiger partial charge in [0.05, 0.1) is 25.7 Å². The number of rotatable bonds is 4. The van der Waals surface area contributed by atoms with Crippen molar-refractivity contribution in [1.82, 2.24) is 5.32 Å². The summed E-state index contributed by atoms with van der Waals surface area (Å²) in [7, 11) is 0. The molecule has 3 N–H and O–H groups in total. The first-order valence-electron chi connectivity index (χ1n) is 5.94. The van der Waals surface area contributed by atoms with E-state index in [2.05, 4.69) is 5.32 Å². The Kier molecular flexibility index (Phi) is 4.01. The SMILES string of the molecule is O=C(Cc1ccccc1O)NC1COCC1C(=O)O. The second-order valence-electron chi connectivity index (χ2n) is 4.46. The van der Waals surface area contributed by atoms with E-state index in [4.69, 9.17) is 9.84 Å². The fraction of sp³-hybridized carbons (Fsp3) is 0.385. The lowest BCUT2D eigenvalue weighted by Crippen LogP contribution is -2.43. The molecule has 1 aromatic carbocycles. The quantitative estimate of drug-likeness (QED) is 0.720. The highest BCUT2D eigenvalue weighted by molar-refractivity contribution is 5.81. The Morgan fingerprint density at radius 2 is 2.05 bits per heavy atom. The van der Waals surface area contributed by atoms with Crippen molar-refractivity contribution in [2.24, 2.45) is 5.92 Å². The highest BCUT2D eigenvalue weighted by Crippen LogP contribution is 2.17. The molecule has 19 heavy (non-hydrogen) atoms. The van der Waals surface area contributed by atoms with Crippen LogP contribution in [-0.4, -0.2) is 41.3 Å². The number of carbonyl (C=O) groups excluding carboxylic acids is 1. The van der Waals surface area contributed by atoms with Crippen LogP contribution >= 0.6 is 0 Å². The summed E-state index contributed by atoms with van der Waals surface area (Å²) in [5, 5.41) is 21.2. The van der Waals surface area contributed by atoms with Crippen molar-refractivity contribution in [3.63, 3.8) is 0 Å². The molecule has 1 saturated heterocycles. The zero-order valence-electron chi connectivity index (χ0n) is 10.2. The molecule has 0 aromatic heterocycles. The third kappa shape index (κ3) is 3.23. The van der Waals surface area contributed by atoms with Gasteiger partial charge in [0.15, 0.2) is 0 Å². The Morgan fingerprint density at radius 1 is 1.32 bits per heavy atom. The van der Waals surface area contributed by atoms with Crippen LogP contribution in [-0.2, 0) is 20.7 Å². The monoisotopic (exact) mass is 265 g/mol. The van der Waals surface area contributed by atoms with E-state index >= 15 is 0 Å². The molecule has 1 fully saturated rings. The maximum Gasteiger partial charge on any atom is 0.311 e. The number of phenolic OH excluding ortho intramolecular Hbond substituents is 1. The number of carbonyl (C=O) groups is 2. The van der Waals surface area contributed by atoms with Gasteiger partial charge in [0.1, 0.15) is 11.7 Å². The first-order chi connectivity index (χ1) is 9.08. The average Bonchev–Trinajstić information content (AvgIpc) is 2.80. The van der Waals surface area contributed by atoms with E-state index in [9.17, 15) is 14.7 Å². The van der Waals surface area contributed by atoms with Crippen molar-refractivity contribution < 1.29 is 24.5 Å². The van der Waals surface area contributed by atoms with Crippen LogP contribution in [0, 0.1) is 5.92 Å². The van der Waals surface area contributed by atoms with E-state index in [1.807, 2.05) is 0 Å². The Balaban J connectivity index is 1.95. The summed E-state index contributed by atoms with van der Waals surface area (Å²) >= 11 is 0. The summed E-state index contributed by atoms with van der Waals surface area (Å²) in [6.45, 7) is 0.306. The summed E-state index contributed by atoms with van der Waals surface area (Å²) in [5.41, 5.74) is 0.505. The number of phenols is 1. The Morgan fingerprint density at radius 3 is 2.74 bits per heavy atom. The van der Waals surface area contributed by atoms with Crippen molar-refractivity contribution in [2.45, 2.75) is 12.5 Å². The van der Waals surface area contributed by atoms with E-state index in [1.54, 1.807) is 18.2 Å². The largest absolute Gasteiger partial charge is 0.508 e. The molecule has 2 atom stereocenters. The minimum Gasteiger partial charge on any atom is -0.508 e. The molecule has 0 spiro atoms. The van der Waals surface area contributed by atoms with Crippen molar-refractivity contribution >= 4 is 11.9 Å². The molecule has 6 nitrogen and oxygen atoms in total. The van der Waals surface area contributed by atoms with Crippen LogP contribution in [0.2, 0.25) is 0 Å². The molecule has 1 aromatic rings. The third-order valence-corrected chi connectivity index (χ3v) is 3.09. The molecule has 2 unspecified atom stereocenters. The standard InChI is InChI=1S/C13H15NO5/c15-11-4-2-1-3-8(11)5-12(16)14-10-7-19-6-9(10)13(17)18/h1-4,9-10,15H,5-7H2,(H,14,16)(H,17,18). The minimum atomic E-state index is -0.981. The van der Waals surface area contributed by atoms with E-state index < -0.39 is 17.9 Å². The van der Waals surface area contributed by atoms with Gasteiger partial charge in [0.25, 0.3) is 0 Å².